The molecule has 1 aliphatic rings. The third-order valence-electron chi connectivity index (χ3n) is 5.90. The maximum absolute atomic E-state index is 13.6. The van der Waals surface area contributed by atoms with Crippen LogP contribution in [0.25, 0.3) is 0 Å². The third-order valence-corrected chi connectivity index (χ3v) is 5.90. The summed E-state index contributed by atoms with van der Waals surface area (Å²) in [5.74, 6) is 1.14. The minimum atomic E-state index is -0.247. The van der Waals surface area contributed by atoms with Gasteiger partial charge in [-0.15, -0.1) is 0 Å². The van der Waals surface area contributed by atoms with Crippen LogP contribution >= 0.6 is 0 Å². The third kappa shape index (κ3) is 5.19. The smallest absolute Gasteiger partial charge is 0.227 e. The quantitative estimate of drug-likeness (QED) is 0.747. The van der Waals surface area contributed by atoms with Gasteiger partial charge < -0.3 is 14.5 Å². The Morgan fingerprint density at radius 1 is 1.27 bits per heavy atom. The van der Waals surface area contributed by atoms with Gasteiger partial charge in [0.25, 0.3) is 0 Å². The predicted molar refractivity (Wildman–Crippen MR) is 114 cm³/mol. The van der Waals surface area contributed by atoms with Crippen molar-refractivity contribution in [2.75, 3.05) is 33.3 Å². The van der Waals surface area contributed by atoms with Gasteiger partial charge in [0.1, 0.15) is 18.1 Å². The Bertz CT molecular complexity index is 886. The maximum Gasteiger partial charge on any atom is 0.227 e. The lowest BCUT2D eigenvalue weighted by molar-refractivity contribution is -0.917. The minimum Gasteiger partial charge on any atom is -0.496 e. The second-order valence-electron chi connectivity index (χ2n) is 8.67. The zero-order valence-corrected chi connectivity index (χ0v) is 18.8. The molecule has 0 bridgehead atoms. The van der Waals surface area contributed by atoms with Crippen molar-refractivity contribution in [3.05, 3.63) is 46.5 Å². The van der Waals surface area contributed by atoms with Crippen molar-refractivity contribution in [2.45, 2.75) is 47.2 Å². The van der Waals surface area contributed by atoms with E-state index >= 15 is 0 Å². The largest absolute Gasteiger partial charge is 0.496 e. The zero-order chi connectivity index (χ0) is 21.8. The molecule has 0 aliphatic carbocycles. The molecular weight excluding hydrogens is 383 g/mol. The topological polar surface area (TPSA) is 51.8 Å². The number of nitrogens with zero attached hydrogens (tertiary/aromatic N) is 3. The maximum atomic E-state index is 13.6. The van der Waals surface area contributed by atoms with Crippen molar-refractivity contribution >= 4 is 5.91 Å². The van der Waals surface area contributed by atoms with Crippen LogP contribution in [0.3, 0.4) is 0 Å². The molecule has 1 aromatic carbocycles. The number of aromatic nitrogens is 2. The molecule has 1 saturated heterocycles. The first kappa shape index (κ1) is 22.3. The number of carbonyl (C=O) groups excluding carboxylic acids is 1. The number of nitrogens with one attached hydrogen (secondary N) is 1. The first-order valence-corrected chi connectivity index (χ1v) is 10.7. The normalized spacial score (nSPS) is 15.1. The van der Waals surface area contributed by atoms with E-state index < -0.39 is 0 Å². The van der Waals surface area contributed by atoms with Crippen molar-refractivity contribution in [1.29, 1.82) is 0 Å². The number of ether oxygens (including phenoxy) is 1. The van der Waals surface area contributed by atoms with E-state index in [0.29, 0.717) is 37.7 Å². The molecule has 0 spiro atoms. The van der Waals surface area contributed by atoms with Gasteiger partial charge in [0, 0.05) is 17.8 Å². The van der Waals surface area contributed by atoms with Gasteiger partial charge in [-0.25, -0.2) is 4.39 Å². The molecule has 164 valence electrons. The molecule has 0 radical (unpaired) electrons. The number of amides is 1. The van der Waals surface area contributed by atoms with E-state index in [9.17, 15) is 9.18 Å². The summed E-state index contributed by atoms with van der Waals surface area (Å²) in [6.45, 7) is 13.1. The number of rotatable bonds is 7. The lowest BCUT2D eigenvalue weighted by atomic mass is 10.1. The molecule has 30 heavy (non-hydrogen) atoms. The summed E-state index contributed by atoms with van der Waals surface area (Å²) in [6, 6.07) is 4.64. The molecule has 1 amide bonds. The van der Waals surface area contributed by atoms with Crippen molar-refractivity contribution in [3.8, 4) is 5.75 Å². The fraction of sp³-hybridized carbons (Fsp3) is 0.565. The predicted octanol–water partition coefficient (Wildman–Crippen LogP) is 1.77. The lowest BCUT2D eigenvalue weighted by Crippen LogP contribution is -3.13. The highest BCUT2D eigenvalue weighted by Crippen LogP contribution is 2.19. The Balaban J connectivity index is 1.57. The van der Waals surface area contributed by atoms with E-state index in [2.05, 4.69) is 25.9 Å². The molecule has 6 nitrogen and oxygen atoms in total. The van der Waals surface area contributed by atoms with Gasteiger partial charge in [-0.05, 0) is 38.0 Å². The number of carbonyl (C=O) groups is 1. The molecule has 2 heterocycles. The van der Waals surface area contributed by atoms with Crippen LogP contribution in [0.2, 0.25) is 0 Å². The summed E-state index contributed by atoms with van der Waals surface area (Å²) in [4.78, 5) is 16.2. The average Bonchev–Trinajstić information content (AvgIpc) is 2.95. The monoisotopic (exact) mass is 417 g/mol. The summed E-state index contributed by atoms with van der Waals surface area (Å²) in [6.07, 6.45) is 0.406. The van der Waals surface area contributed by atoms with Crippen LogP contribution in [-0.4, -0.2) is 53.9 Å². The highest BCUT2D eigenvalue weighted by molar-refractivity contribution is 5.79. The van der Waals surface area contributed by atoms with E-state index in [1.807, 2.05) is 16.5 Å². The molecule has 0 unspecified atom stereocenters. The van der Waals surface area contributed by atoms with Crippen molar-refractivity contribution < 1.29 is 18.8 Å². The van der Waals surface area contributed by atoms with E-state index in [0.717, 1.165) is 42.1 Å². The van der Waals surface area contributed by atoms with Crippen LogP contribution in [0.4, 0.5) is 4.39 Å². The Morgan fingerprint density at radius 2 is 1.97 bits per heavy atom. The van der Waals surface area contributed by atoms with Gasteiger partial charge in [0.15, 0.2) is 0 Å². The molecule has 3 rings (SSSR count). The van der Waals surface area contributed by atoms with Crippen LogP contribution in [0.1, 0.15) is 36.4 Å². The highest BCUT2D eigenvalue weighted by atomic mass is 19.1. The fourth-order valence-electron chi connectivity index (χ4n) is 4.18. The molecule has 1 N–H and O–H groups in total. The zero-order valence-electron chi connectivity index (χ0n) is 18.8. The number of quaternary nitrogens is 1. The molecule has 2 aromatic rings. The second-order valence-corrected chi connectivity index (χ2v) is 8.67. The van der Waals surface area contributed by atoms with Gasteiger partial charge in [-0.2, -0.15) is 5.10 Å². The van der Waals surface area contributed by atoms with Crippen molar-refractivity contribution in [1.82, 2.24) is 14.7 Å². The number of hydrogen-bond acceptors (Lipinski definition) is 3. The molecule has 1 fully saturated rings. The van der Waals surface area contributed by atoms with Crippen LogP contribution in [-0.2, 0) is 24.3 Å². The standard InChI is InChI=1S/C23H33FN4O2/c1-16(2)14-28-18(4)21(17(3)25-28)13-23(29)27-10-8-26(9-11-27)15-19-12-20(24)6-7-22(19)30-5/h6-7,12,16H,8-11,13-15H2,1-5H3/p+1. The minimum absolute atomic E-state index is 0.160. The summed E-state index contributed by atoms with van der Waals surface area (Å²) in [5, 5.41) is 4.63. The SMILES string of the molecule is COc1ccc(F)cc1C[NH+]1CCN(C(=O)Cc2c(C)nn(CC(C)C)c2C)CC1. The number of halogens is 1. The van der Waals surface area contributed by atoms with E-state index in [4.69, 9.17) is 4.74 Å². The first-order chi connectivity index (χ1) is 14.3. The Morgan fingerprint density at radius 3 is 2.60 bits per heavy atom. The number of methoxy groups -OCH3 is 1. The highest BCUT2D eigenvalue weighted by Gasteiger charge is 2.26. The van der Waals surface area contributed by atoms with E-state index in [-0.39, 0.29) is 11.7 Å². The van der Waals surface area contributed by atoms with Gasteiger partial charge in [-0.1, -0.05) is 13.8 Å². The number of hydrogen-bond donors (Lipinski definition) is 1. The van der Waals surface area contributed by atoms with E-state index in [1.54, 1.807) is 19.2 Å². The Labute approximate surface area is 178 Å². The van der Waals surface area contributed by atoms with Crippen LogP contribution < -0.4 is 9.64 Å². The molecule has 7 heteroatoms. The molecular formula is C23H34FN4O2+. The number of aryl methyl sites for hydroxylation is 1. The average molecular weight is 418 g/mol. The van der Waals surface area contributed by atoms with E-state index in [1.165, 1.54) is 11.0 Å². The van der Waals surface area contributed by atoms with Crippen LogP contribution in [0.15, 0.2) is 18.2 Å². The molecule has 1 aliphatic heterocycles. The van der Waals surface area contributed by atoms with Gasteiger partial charge in [-0.3, -0.25) is 9.48 Å². The second kappa shape index (κ2) is 9.60. The summed E-state index contributed by atoms with van der Waals surface area (Å²) < 4.78 is 21.0. The lowest BCUT2D eigenvalue weighted by Gasteiger charge is -2.32. The van der Waals surface area contributed by atoms with Crippen LogP contribution in [0, 0.1) is 25.6 Å². The first-order valence-electron chi connectivity index (χ1n) is 10.7. The van der Waals surface area contributed by atoms with Crippen molar-refractivity contribution in [3.63, 3.8) is 0 Å². The fourth-order valence-corrected chi connectivity index (χ4v) is 4.18. The van der Waals surface area contributed by atoms with Crippen LogP contribution in [0.5, 0.6) is 5.75 Å². The summed E-state index contributed by atoms with van der Waals surface area (Å²) >= 11 is 0. The Hall–Kier alpha value is -2.41. The molecule has 0 saturated carbocycles. The Kier molecular flexibility index (Phi) is 7.13. The van der Waals surface area contributed by atoms with Gasteiger partial charge in [0.2, 0.25) is 5.91 Å². The van der Waals surface area contributed by atoms with Gasteiger partial charge in [0.05, 0.1) is 51.0 Å². The number of piperazine rings is 1. The molecule has 0 atom stereocenters. The summed E-state index contributed by atoms with van der Waals surface area (Å²) in [7, 11) is 1.61. The molecule has 1 aromatic heterocycles. The van der Waals surface area contributed by atoms with Gasteiger partial charge >= 0.3 is 0 Å². The number of benzene rings is 1. The summed E-state index contributed by atoms with van der Waals surface area (Å²) in [5.41, 5.74) is 3.97. The van der Waals surface area contributed by atoms with Crippen molar-refractivity contribution in [2.24, 2.45) is 5.92 Å².